The van der Waals surface area contributed by atoms with Crippen LogP contribution in [0.3, 0.4) is 0 Å². The summed E-state index contributed by atoms with van der Waals surface area (Å²) >= 11 is 1.41. The Morgan fingerprint density at radius 3 is 2.64 bits per heavy atom. The Morgan fingerprint density at radius 2 is 2.14 bits per heavy atom. The average molecular weight is 331 g/mol. The molecule has 1 aliphatic rings. The van der Waals surface area contributed by atoms with E-state index >= 15 is 0 Å². The van der Waals surface area contributed by atoms with E-state index in [9.17, 15) is 10.1 Å². The van der Waals surface area contributed by atoms with Crippen LogP contribution >= 0.6 is 11.8 Å². The highest BCUT2D eigenvalue weighted by atomic mass is 32.2. The zero-order valence-electron chi connectivity index (χ0n) is 14.3. The lowest BCUT2D eigenvalue weighted by Gasteiger charge is -2.28. The Kier molecular flexibility index (Phi) is 8.20. The van der Waals surface area contributed by atoms with Gasteiger partial charge in [-0.2, -0.15) is 0 Å². The van der Waals surface area contributed by atoms with Gasteiger partial charge in [0.05, 0.1) is 11.5 Å². The van der Waals surface area contributed by atoms with Gasteiger partial charge in [-0.3, -0.25) is 10.1 Å². The smallest absolute Gasteiger partial charge is 0.264 e. The maximum Gasteiger partial charge on any atom is 0.264 e. The third-order valence-electron chi connectivity index (χ3n) is 4.07. The second-order valence-corrected chi connectivity index (χ2v) is 7.27. The summed E-state index contributed by atoms with van der Waals surface area (Å²) in [6.07, 6.45) is 2.95. The molecule has 1 heterocycles. The SMILES string of the molecule is CSC(=C[N+](=O)[O-])N(C)CC(C)CN(C)CC1COCC1C. The average Bonchev–Trinajstić information content (AvgIpc) is 2.80. The lowest BCUT2D eigenvalue weighted by atomic mass is 9.97. The normalized spacial score (nSPS) is 23.8. The van der Waals surface area contributed by atoms with Gasteiger partial charge in [0.15, 0.2) is 0 Å². The van der Waals surface area contributed by atoms with Crippen LogP contribution in [0.15, 0.2) is 11.2 Å². The van der Waals surface area contributed by atoms with Crippen molar-refractivity contribution in [3.05, 3.63) is 21.3 Å². The van der Waals surface area contributed by atoms with Crippen LogP contribution < -0.4 is 0 Å². The Morgan fingerprint density at radius 1 is 1.45 bits per heavy atom. The van der Waals surface area contributed by atoms with E-state index in [1.807, 2.05) is 18.2 Å². The van der Waals surface area contributed by atoms with Crippen molar-refractivity contribution in [3.8, 4) is 0 Å². The Balaban J connectivity index is 2.40. The second kappa shape index (κ2) is 9.37. The fraction of sp³-hybridized carbons (Fsp3) is 0.867. The number of ether oxygens (including phenoxy) is 1. The molecule has 7 heteroatoms. The third kappa shape index (κ3) is 6.54. The van der Waals surface area contributed by atoms with Crippen molar-refractivity contribution in [3.63, 3.8) is 0 Å². The second-order valence-electron chi connectivity index (χ2n) is 6.44. The monoisotopic (exact) mass is 331 g/mol. The molecule has 0 aromatic carbocycles. The van der Waals surface area contributed by atoms with E-state index in [0.29, 0.717) is 22.8 Å². The number of hydrogen-bond donors (Lipinski definition) is 0. The van der Waals surface area contributed by atoms with Crippen molar-refractivity contribution in [2.24, 2.45) is 17.8 Å². The van der Waals surface area contributed by atoms with Crippen LogP contribution in [0.5, 0.6) is 0 Å². The molecule has 1 aliphatic heterocycles. The molecule has 0 radical (unpaired) electrons. The predicted octanol–water partition coefficient (Wildman–Crippen LogP) is 2.21. The van der Waals surface area contributed by atoms with Gasteiger partial charge in [0.1, 0.15) is 5.03 Å². The van der Waals surface area contributed by atoms with Crippen LogP contribution in [0.4, 0.5) is 0 Å². The number of hydrogen-bond acceptors (Lipinski definition) is 6. The molecule has 0 N–H and O–H groups in total. The highest BCUT2D eigenvalue weighted by Gasteiger charge is 2.25. The molecule has 6 nitrogen and oxygen atoms in total. The fourth-order valence-electron chi connectivity index (χ4n) is 2.96. The first kappa shape index (κ1) is 19.3. The van der Waals surface area contributed by atoms with Gasteiger partial charge in [-0.05, 0) is 31.1 Å². The van der Waals surface area contributed by atoms with E-state index in [1.165, 1.54) is 11.8 Å². The molecule has 128 valence electrons. The van der Waals surface area contributed by atoms with Crippen LogP contribution in [0.25, 0.3) is 0 Å². The molecular formula is C15H29N3O3S. The van der Waals surface area contributed by atoms with Gasteiger partial charge < -0.3 is 14.5 Å². The molecule has 22 heavy (non-hydrogen) atoms. The molecule has 3 atom stereocenters. The molecule has 0 amide bonds. The van der Waals surface area contributed by atoms with Crippen molar-refractivity contribution >= 4 is 11.8 Å². The highest BCUT2D eigenvalue weighted by molar-refractivity contribution is 8.02. The summed E-state index contributed by atoms with van der Waals surface area (Å²) in [5.41, 5.74) is 0. The number of nitro groups is 1. The van der Waals surface area contributed by atoms with Gasteiger partial charge in [-0.25, -0.2) is 0 Å². The molecule has 0 aromatic heterocycles. The van der Waals surface area contributed by atoms with Crippen LogP contribution in [-0.4, -0.2) is 67.9 Å². The molecule has 0 bridgehead atoms. The summed E-state index contributed by atoms with van der Waals surface area (Å²) in [6, 6.07) is 0. The summed E-state index contributed by atoms with van der Waals surface area (Å²) in [6.45, 7) is 9.01. The lowest BCUT2D eigenvalue weighted by Crippen LogP contribution is -2.35. The maximum atomic E-state index is 10.6. The molecule has 0 aliphatic carbocycles. The van der Waals surface area contributed by atoms with Crippen molar-refractivity contribution in [1.29, 1.82) is 0 Å². The van der Waals surface area contributed by atoms with E-state index in [0.717, 1.165) is 39.0 Å². The molecular weight excluding hydrogens is 302 g/mol. The first-order chi connectivity index (χ1) is 10.3. The maximum absolute atomic E-state index is 10.6. The molecule has 1 fully saturated rings. The third-order valence-corrected chi connectivity index (χ3v) is 4.91. The minimum atomic E-state index is -0.388. The molecule has 3 unspecified atom stereocenters. The lowest BCUT2D eigenvalue weighted by molar-refractivity contribution is -0.403. The highest BCUT2D eigenvalue weighted by Crippen LogP contribution is 2.21. The minimum Gasteiger partial charge on any atom is -0.381 e. The largest absolute Gasteiger partial charge is 0.381 e. The van der Waals surface area contributed by atoms with E-state index in [2.05, 4.69) is 25.8 Å². The summed E-state index contributed by atoms with van der Waals surface area (Å²) in [5.74, 6) is 1.69. The van der Waals surface area contributed by atoms with Gasteiger partial charge in [0.2, 0.25) is 0 Å². The fourth-order valence-corrected chi connectivity index (χ4v) is 3.54. The summed E-state index contributed by atoms with van der Waals surface area (Å²) in [7, 11) is 4.05. The number of thioether (sulfide) groups is 1. The predicted molar refractivity (Wildman–Crippen MR) is 91.4 cm³/mol. The Labute approximate surface area is 138 Å². The van der Waals surface area contributed by atoms with E-state index in [1.54, 1.807) is 0 Å². The number of rotatable bonds is 9. The van der Waals surface area contributed by atoms with E-state index in [-0.39, 0.29) is 4.92 Å². The molecule has 0 aromatic rings. The summed E-state index contributed by atoms with van der Waals surface area (Å²) in [4.78, 5) is 14.6. The molecule has 1 rings (SSSR count). The Bertz CT molecular complexity index is 392. The molecule has 0 spiro atoms. The van der Waals surface area contributed by atoms with Crippen LogP contribution in [-0.2, 0) is 4.74 Å². The quantitative estimate of drug-likeness (QED) is 0.477. The summed E-state index contributed by atoms with van der Waals surface area (Å²) < 4.78 is 5.51. The molecule has 0 saturated carbocycles. The zero-order valence-corrected chi connectivity index (χ0v) is 15.1. The van der Waals surface area contributed by atoms with Crippen LogP contribution in [0.2, 0.25) is 0 Å². The van der Waals surface area contributed by atoms with Gasteiger partial charge in [0.25, 0.3) is 6.20 Å². The first-order valence-electron chi connectivity index (χ1n) is 7.70. The van der Waals surface area contributed by atoms with Gasteiger partial charge in [-0.1, -0.05) is 13.8 Å². The first-order valence-corrected chi connectivity index (χ1v) is 8.92. The van der Waals surface area contributed by atoms with Crippen molar-refractivity contribution in [2.75, 3.05) is 53.2 Å². The van der Waals surface area contributed by atoms with E-state index < -0.39 is 0 Å². The topological polar surface area (TPSA) is 58.9 Å². The van der Waals surface area contributed by atoms with Crippen molar-refractivity contribution in [2.45, 2.75) is 13.8 Å². The zero-order chi connectivity index (χ0) is 16.7. The molecule has 1 saturated heterocycles. The summed E-state index contributed by atoms with van der Waals surface area (Å²) in [5, 5.41) is 11.3. The number of nitrogens with zero attached hydrogens (tertiary/aromatic N) is 3. The van der Waals surface area contributed by atoms with E-state index in [4.69, 9.17) is 4.74 Å². The van der Waals surface area contributed by atoms with Gasteiger partial charge >= 0.3 is 0 Å². The minimum absolute atomic E-state index is 0.388. The van der Waals surface area contributed by atoms with Gasteiger partial charge in [-0.15, -0.1) is 11.8 Å². The standard InChI is InChI=1S/C15H29N3O3S/c1-12(7-17(4)15(22-5)9-18(19)20)6-16(3)8-14-11-21-10-13(14)2/h9,12-14H,6-8,10-11H2,1-5H3. The van der Waals surface area contributed by atoms with Crippen LogP contribution in [0, 0.1) is 27.9 Å². The van der Waals surface area contributed by atoms with Crippen LogP contribution in [0.1, 0.15) is 13.8 Å². The van der Waals surface area contributed by atoms with Crippen molar-refractivity contribution in [1.82, 2.24) is 9.80 Å². The Hall–Kier alpha value is -0.790. The van der Waals surface area contributed by atoms with Crippen molar-refractivity contribution < 1.29 is 9.66 Å². The van der Waals surface area contributed by atoms with Gasteiger partial charge in [0, 0.05) is 33.3 Å².